The number of halogens is 1. The van der Waals surface area contributed by atoms with Gasteiger partial charge in [-0.15, -0.1) is 0 Å². The maximum atomic E-state index is 11.6. The molecule has 0 aliphatic heterocycles. The van der Waals surface area contributed by atoms with Crippen LogP contribution in [0, 0.1) is 3.57 Å². The number of hydrogen-bond acceptors (Lipinski definition) is 2. The first kappa shape index (κ1) is 15.7. The average Bonchev–Trinajstić information content (AvgIpc) is 2.35. The summed E-state index contributed by atoms with van der Waals surface area (Å²) in [4.78, 5) is 11.6. The minimum atomic E-state index is 0.0184. The van der Waals surface area contributed by atoms with Crippen molar-refractivity contribution in [3.05, 3.63) is 26.2 Å². The van der Waals surface area contributed by atoms with Gasteiger partial charge in [-0.3, -0.25) is 4.79 Å². The Labute approximate surface area is 123 Å². The maximum Gasteiger partial charge on any atom is 0.267 e. The molecule has 0 saturated carbocycles. The zero-order valence-corrected chi connectivity index (χ0v) is 13.4. The Hall–Kier alpha value is -0.390. The molecule has 1 heterocycles. The van der Waals surface area contributed by atoms with Crippen LogP contribution in [0.15, 0.2) is 17.1 Å². The molecule has 4 heteroatoms. The first-order valence-corrected chi connectivity index (χ1v) is 8.04. The normalized spacial score (nSPS) is 10.8. The van der Waals surface area contributed by atoms with Gasteiger partial charge in [-0.1, -0.05) is 51.9 Å². The highest BCUT2D eigenvalue weighted by Gasteiger charge is 1.98. The summed E-state index contributed by atoms with van der Waals surface area (Å²) in [6, 6.07) is 1.64. The van der Waals surface area contributed by atoms with Crippen molar-refractivity contribution in [2.75, 3.05) is 0 Å². The van der Waals surface area contributed by atoms with Gasteiger partial charge in [0, 0.05) is 16.2 Å². The van der Waals surface area contributed by atoms with E-state index in [4.69, 9.17) is 0 Å². The Balaban J connectivity index is 2.09. The summed E-state index contributed by atoms with van der Waals surface area (Å²) in [5, 5.41) is 4.13. The Morgan fingerprint density at radius 1 is 1.11 bits per heavy atom. The zero-order chi connectivity index (χ0) is 13.2. The minimum absolute atomic E-state index is 0.0184. The lowest BCUT2D eigenvalue weighted by atomic mass is 10.1. The average molecular weight is 362 g/mol. The van der Waals surface area contributed by atoms with Gasteiger partial charge >= 0.3 is 0 Å². The first-order valence-electron chi connectivity index (χ1n) is 6.96. The van der Waals surface area contributed by atoms with Crippen LogP contribution in [0.2, 0.25) is 0 Å². The lowest BCUT2D eigenvalue weighted by Gasteiger charge is -2.04. The predicted octanol–water partition coefficient (Wildman–Crippen LogP) is 3.99. The summed E-state index contributed by atoms with van der Waals surface area (Å²) in [6.45, 7) is 3.00. The number of rotatable bonds is 9. The number of hydrogen-bond donors (Lipinski definition) is 0. The molecule has 0 fully saturated rings. The van der Waals surface area contributed by atoms with Gasteiger partial charge in [0.2, 0.25) is 0 Å². The van der Waals surface area contributed by atoms with Gasteiger partial charge in [0.15, 0.2) is 0 Å². The van der Waals surface area contributed by atoms with Gasteiger partial charge in [0.25, 0.3) is 5.56 Å². The summed E-state index contributed by atoms with van der Waals surface area (Å²) in [7, 11) is 0. The Kier molecular flexibility index (Phi) is 8.29. The molecule has 0 aromatic carbocycles. The van der Waals surface area contributed by atoms with Crippen LogP contribution >= 0.6 is 22.6 Å². The summed E-state index contributed by atoms with van der Waals surface area (Å²) in [6.07, 6.45) is 12.0. The SMILES string of the molecule is CCCCCCCCCCn1ncc(I)cc1=O. The molecular formula is C14H23IN2O. The van der Waals surface area contributed by atoms with Crippen molar-refractivity contribution >= 4 is 22.6 Å². The van der Waals surface area contributed by atoms with E-state index in [2.05, 4.69) is 34.6 Å². The van der Waals surface area contributed by atoms with Gasteiger partial charge in [-0.2, -0.15) is 5.10 Å². The molecule has 0 unspecified atom stereocenters. The summed E-state index contributed by atoms with van der Waals surface area (Å²) in [5.74, 6) is 0. The van der Waals surface area contributed by atoms with E-state index in [0.717, 1.165) is 16.5 Å². The van der Waals surface area contributed by atoms with Crippen LogP contribution in [0.1, 0.15) is 58.3 Å². The summed E-state index contributed by atoms with van der Waals surface area (Å²) >= 11 is 2.11. The van der Waals surface area contributed by atoms with Crippen LogP contribution in [0.4, 0.5) is 0 Å². The Morgan fingerprint density at radius 2 is 1.72 bits per heavy atom. The number of nitrogens with zero attached hydrogens (tertiary/aromatic N) is 2. The van der Waals surface area contributed by atoms with Crippen molar-refractivity contribution in [3.63, 3.8) is 0 Å². The first-order chi connectivity index (χ1) is 8.74. The fourth-order valence-corrected chi connectivity index (χ4v) is 2.37. The van der Waals surface area contributed by atoms with E-state index in [0.29, 0.717) is 0 Å². The monoisotopic (exact) mass is 362 g/mol. The topological polar surface area (TPSA) is 34.9 Å². The zero-order valence-electron chi connectivity index (χ0n) is 11.2. The number of unbranched alkanes of at least 4 members (excludes halogenated alkanes) is 7. The molecule has 0 aliphatic rings. The largest absolute Gasteiger partial charge is 0.268 e. The molecule has 1 aromatic rings. The van der Waals surface area contributed by atoms with Crippen molar-refractivity contribution in [2.45, 2.75) is 64.8 Å². The lowest BCUT2D eigenvalue weighted by molar-refractivity contribution is 0.503. The number of aryl methyl sites for hydroxylation is 1. The quantitative estimate of drug-likeness (QED) is 0.492. The highest BCUT2D eigenvalue weighted by atomic mass is 127. The number of aromatic nitrogens is 2. The molecule has 0 atom stereocenters. The molecule has 3 nitrogen and oxygen atoms in total. The van der Waals surface area contributed by atoms with Crippen LogP contribution in [-0.2, 0) is 6.54 Å². The third kappa shape index (κ3) is 6.52. The van der Waals surface area contributed by atoms with Gasteiger partial charge in [0.1, 0.15) is 0 Å². The highest BCUT2D eigenvalue weighted by Crippen LogP contribution is 2.08. The molecule has 1 aromatic heterocycles. The highest BCUT2D eigenvalue weighted by molar-refractivity contribution is 14.1. The predicted molar refractivity (Wildman–Crippen MR) is 83.8 cm³/mol. The van der Waals surface area contributed by atoms with E-state index < -0.39 is 0 Å². The van der Waals surface area contributed by atoms with Crippen LogP contribution in [0.25, 0.3) is 0 Å². The molecule has 0 amide bonds. The molecular weight excluding hydrogens is 339 g/mol. The molecule has 18 heavy (non-hydrogen) atoms. The van der Waals surface area contributed by atoms with E-state index in [-0.39, 0.29) is 5.56 Å². The van der Waals surface area contributed by atoms with E-state index in [9.17, 15) is 4.79 Å². The van der Waals surface area contributed by atoms with Crippen molar-refractivity contribution in [1.29, 1.82) is 0 Å². The second-order valence-corrected chi connectivity index (χ2v) is 5.96. The molecule has 0 spiro atoms. The Morgan fingerprint density at radius 3 is 2.33 bits per heavy atom. The maximum absolute atomic E-state index is 11.6. The lowest BCUT2D eigenvalue weighted by Crippen LogP contribution is -2.22. The van der Waals surface area contributed by atoms with Crippen LogP contribution in [-0.4, -0.2) is 9.78 Å². The molecule has 0 bridgehead atoms. The molecule has 102 valence electrons. The second-order valence-electron chi connectivity index (χ2n) is 4.71. The standard InChI is InChI=1S/C14H23IN2O/c1-2-3-4-5-6-7-8-9-10-17-14(18)11-13(15)12-16-17/h11-12H,2-10H2,1H3. The van der Waals surface area contributed by atoms with E-state index >= 15 is 0 Å². The Bertz CT molecular complexity index is 390. The van der Waals surface area contributed by atoms with Crippen molar-refractivity contribution in [2.24, 2.45) is 0 Å². The van der Waals surface area contributed by atoms with Crippen molar-refractivity contribution in [3.8, 4) is 0 Å². The molecule has 0 N–H and O–H groups in total. The summed E-state index contributed by atoms with van der Waals surface area (Å²) < 4.78 is 2.48. The van der Waals surface area contributed by atoms with Crippen molar-refractivity contribution in [1.82, 2.24) is 9.78 Å². The van der Waals surface area contributed by atoms with Gasteiger partial charge in [-0.25, -0.2) is 4.68 Å². The van der Waals surface area contributed by atoms with Crippen LogP contribution in [0.3, 0.4) is 0 Å². The molecule has 0 radical (unpaired) electrons. The van der Waals surface area contributed by atoms with E-state index in [1.54, 1.807) is 16.9 Å². The fraction of sp³-hybridized carbons (Fsp3) is 0.714. The van der Waals surface area contributed by atoms with Crippen LogP contribution < -0.4 is 5.56 Å². The fourth-order valence-electron chi connectivity index (χ4n) is 1.97. The third-order valence-corrected chi connectivity index (χ3v) is 3.65. The molecule has 1 rings (SSSR count). The van der Waals surface area contributed by atoms with Crippen LogP contribution in [0.5, 0.6) is 0 Å². The van der Waals surface area contributed by atoms with Gasteiger partial charge < -0.3 is 0 Å². The molecule has 0 aliphatic carbocycles. The minimum Gasteiger partial charge on any atom is -0.268 e. The van der Waals surface area contributed by atoms with E-state index in [1.807, 2.05) is 0 Å². The summed E-state index contributed by atoms with van der Waals surface area (Å²) in [5.41, 5.74) is 0.0184. The second kappa shape index (κ2) is 9.53. The third-order valence-electron chi connectivity index (χ3n) is 3.06. The molecule has 0 saturated heterocycles. The van der Waals surface area contributed by atoms with E-state index in [1.165, 1.54) is 44.9 Å². The van der Waals surface area contributed by atoms with Gasteiger partial charge in [0.05, 0.1) is 6.20 Å². The van der Waals surface area contributed by atoms with Crippen molar-refractivity contribution < 1.29 is 0 Å². The smallest absolute Gasteiger partial charge is 0.267 e. The van der Waals surface area contributed by atoms with Gasteiger partial charge in [-0.05, 0) is 29.0 Å².